The Kier molecular flexibility index (Phi) is 5.87. The predicted molar refractivity (Wildman–Crippen MR) is 113 cm³/mol. The van der Waals surface area contributed by atoms with E-state index in [9.17, 15) is 41.3 Å². The fourth-order valence-electron chi connectivity index (χ4n) is 3.61. The van der Waals surface area contributed by atoms with E-state index in [1.165, 1.54) is 6.07 Å². The number of alkyl halides is 6. The summed E-state index contributed by atoms with van der Waals surface area (Å²) in [5, 5.41) is 11.0. The molecule has 0 spiro atoms. The van der Waals surface area contributed by atoms with Gasteiger partial charge in [0.05, 0.1) is 21.4 Å². The Morgan fingerprint density at radius 2 is 1.53 bits per heavy atom. The number of nitro benzene ring substituents is 1. The molecule has 0 radical (unpaired) electrons. The Morgan fingerprint density at radius 3 is 2.12 bits per heavy atom. The number of non-ortho nitro benzene ring substituents is 1. The van der Waals surface area contributed by atoms with Crippen LogP contribution >= 0.6 is 11.3 Å². The first-order valence-electron chi connectivity index (χ1n) is 9.72. The van der Waals surface area contributed by atoms with Crippen molar-refractivity contribution in [1.29, 1.82) is 0 Å². The van der Waals surface area contributed by atoms with Crippen LogP contribution in [0, 0.1) is 10.1 Å². The number of piperazine rings is 1. The molecule has 0 atom stereocenters. The van der Waals surface area contributed by atoms with Crippen LogP contribution in [0.25, 0.3) is 10.1 Å². The van der Waals surface area contributed by atoms with Gasteiger partial charge in [-0.3, -0.25) is 14.9 Å². The maximum atomic E-state index is 13.1. The molecule has 1 fully saturated rings. The Bertz CT molecular complexity index is 1320. The average molecular weight is 504 g/mol. The number of fused-ring (bicyclic) bond motifs is 1. The summed E-state index contributed by atoms with van der Waals surface area (Å²) >= 11 is 0.723. The van der Waals surface area contributed by atoms with Crippen LogP contribution < -0.4 is 15.4 Å². The minimum absolute atomic E-state index is 0.0871. The van der Waals surface area contributed by atoms with E-state index in [2.05, 4.69) is 4.98 Å². The van der Waals surface area contributed by atoms with Crippen molar-refractivity contribution in [2.24, 2.45) is 0 Å². The molecule has 3 aromatic rings. The van der Waals surface area contributed by atoms with Crippen LogP contribution in [0.1, 0.15) is 11.1 Å². The van der Waals surface area contributed by atoms with Crippen LogP contribution in [-0.2, 0) is 12.4 Å². The molecular weight excluding hydrogens is 490 g/mol. The zero-order valence-electron chi connectivity index (χ0n) is 17.0. The number of anilines is 2. The van der Waals surface area contributed by atoms with Gasteiger partial charge in [0.2, 0.25) is 0 Å². The lowest BCUT2D eigenvalue weighted by Gasteiger charge is -2.36. The standard InChI is InChI=1S/C20H14F6N4O3S/c21-19(22,23)11-2-1-3-13(8-11)28-4-6-29(7-5-28)18-27-17(31)14-9-12(20(24,25)26)10-15(30(32)33)16(14)34-18/h1-3,8-10H,4-7H2. The van der Waals surface area contributed by atoms with E-state index in [0.717, 1.165) is 23.5 Å². The second-order valence-corrected chi connectivity index (χ2v) is 8.43. The van der Waals surface area contributed by atoms with Crippen molar-refractivity contribution < 1.29 is 31.3 Å². The van der Waals surface area contributed by atoms with Crippen LogP contribution in [-0.4, -0.2) is 36.1 Å². The lowest BCUT2D eigenvalue weighted by atomic mass is 10.1. The van der Waals surface area contributed by atoms with Crippen molar-refractivity contribution >= 4 is 37.9 Å². The zero-order valence-corrected chi connectivity index (χ0v) is 17.8. The number of nitrogens with zero attached hydrogens (tertiary/aromatic N) is 4. The topological polar surface area (TPSA) is 79.6 Å². The number of hydrogen-bond acceptors (Lipinski definition) is 7. The van der Waals surface area contributed by atoms with Gasteiger partial charge in [-0.15, -0.1) is 0 Å². The molecule has 180 valence electrons. The number of nitro groups is 1. The van der Waals surface area contributed by atoms with Crippen LogP contribution in [0.4, 0.5) is 42.8 Å². The highest BCUT2D eigenvalue weighted by Crippen LogP contribution is 2.38. The van der Waals surface area contributed by atoms with Crippen molar-refractivity contribution in [3.8, 4) is 0 Å². The molecule has 0 aliphatic carbocycles. The largest absolute Gasteiger partial charge is 0.416 e. The van der Waals surface area contributed by atoms with E-state index in [4.69, 9.17) is 0 Å². The SMILES string of the molecule is O=c1nc(N2CCN(c3cccc(C(F)(F)F)c3)CC2)sc2c([N+](=O)[O-])cc(C(F)(F)F)cc12. The third kappa shape index (κ3) is 4.62. The van der Waals surface area contributed by atoms with Crippen LogP contribution in [0.2, 0.25) is 0 Å². The van der Waals surface area contributed by atoms with E-state index in [1.54, 1.807) is 15.9 Å². The minimum Gasteiger partial charge on any atom is -0.368 e. The molecule has 14 heteroatoms. The van der Waals surface area contributed by atoms with Crippen LogP contribution in [0.3, 0.4) is 0 Å². The summed E-state index contributed by atoms with van der Waals surface area (Å²) in [6.07, 6.45) is -9.37. The molecule has 0 unspecified atom stereocenters. The molecule has 0 amide bonds. The number of hydrogen-bond donors (Lipinski definition) is 0. The fourth-order valence-corrected chi connectivity index (χ4v) is 4.73. The maximum absolute atomic E-state index is 13.1. The van der Waals surface area contributed by atoms with Crippen molar-refractivity contribution in [2.75, 3.05) is 36.0 Å². The molecule has 1 aromatic heterocycles. The molecule has 0 bridgehead atoms. The van der Waals surface area contributed by atoms with Gasteiger partial charge in [0.1, 0.15) is 4.70 Å². The Morgan fingerprint density at radius 1 is 0.912 bits per heavy atom. The molecule has 7 nitrogen and oxygen atoms in total. The number of halogens is 6. The van der Waals surface area contributed by atoms with Gasteiger partial charge < -0.3 is 9.80 Å². The molecule has 1 saturated heterocycles. The van der Waals surface area contributed by atoms with Crippen molar-refractivity contribution in [1.82, 2.24) is 4.98 Å². The fraction of sp³-hybridized carbons (Fsp3) is 0.300. The summed E-state index contributed by atoms with van der Waals surface area (Å²) in [5.41, 5.74) is -3.62. The third-order valence-corrected chi connectivity index (χ3v) is 6.47. The second-order valence-electron chi connectivity index (χ2n) is 7.45. The quantitative estimate of drug-likeness (QED) is 0.286. The number of benzene rings is 2. The summed E-state index contributed by atoms with van der Waals surface area (Å²) in [6, 6.07) is 5.77. The smallest absolute Gasteiger partial charge is 0.368 e. The Labute approximate surface area is 191 Å². The normalized spacial score (nSPS) is 15.1. The van der Waals surface area contributed by atoms with Gasteiger partial charge in [-0.1, -0.05) is 17.4 Å². The van der Waals surface area contributed by atoms with Crippen molar-refractivity contribution in [3.63, 3.8) is 0 Å². The zero-order chi connectivity index (χ0) is 24.8. The van der Waals surface area contributed by atoms with Gasteiger partial charge in [-0.05, 0) is 24.3 Å². The summed E-state index contributed by atoms with van der Waals surface area (Å²) in [7, 11) is 0. The highest BCUT2D eigenvalue weighted by molar-refractivity contribution is 7.22. The maximum Gasteiger partial charge on any atom is 0.416 e. The molecule has 1 aliphatic rings. The Balaban J connectivity index is 1.63. The monoisotopic (exact) mass is 504 g/mol. The van der Waals surface area contributed by atoms with Gasteiger partial charge in [0.15, 0.2) is 5.13 Å². The van der Waals surface area contributed by atoms with E-state index in [-0.39, 0.29) is 36.0 Å². The van der Waals surface area contributed by atoms with Gasteiger partial charge in [0, 0.05) is 37.9 Å². The second kappa shape index (κ2) is 8.42. The van der Waals surface area contributed by atoms with E-state index in [1.807, 2.05) is 0 Å². The van der Waals surface area contributed by atoms with E-state index >= 15 is 0 Å². The van der Waals surface area contributed by atoms with Crippen molar-refractivity contribution in [3.05, 3.63) is 68.0 Å². The third-order valence-electron chi connectivity index (χ3n) is 5.30. The first-order chi connectivity index (χ1) is 15.8. The first kappa shape index (κ1) is 23.7. The molecule has 0 saturated carbocycles. The number of aromatic nitrogens is 1. The summed E-state index contributed by atoms with van der Waals surface area (Å²) in [4.78, 5) is 30.1. The van der Waals surface area contributed by atoms with E-state index < -0.39 is 45.0 Å². The molecule has 2 aromatic carbocycles. The van der Waals surface area contributed by atoms with Gasteiger partial charge in [-0.2, -0.15) is 31.3 Å². The van der Waals surface area contributed by atoms with Gasteiger partial charge in [-0.25, -0.2) is 0 Å². The minimum atomic E-state index is -4.88. The van der Waals surface area contributed by atoms with E-state index in [0.29, 0.717) is 17.8 Å². The lowest BCUT2D eigenvalue weighted by Crippen LogP contribution is -2.47. The lowest BCUT2D eigenvalue weighted by molar-refractivity contribution is -0.383. The first-order valence-corrected chi connectivity index (χ1v) is 10.5. The summed E-state index contributed by atoms with van der Waals surface area (Å²) in [5.74, 6) is 0. The van der Waals surface area contributed by atoms with Gasteiger partial charge >= 0.3 is 12.4 Å². The van der Waals surface area contributed by atoms with Crippen molar-refractivity contribution in [2.45, 2.75) is 12.4 Å². The Hall–Kier alpha value is -3.42. The molecular formula is C20H14F6N4O3S. The predicted octanol–water partition coefficient (Wildman–Crippen LogP) is 4.93. The molecule has 1 aliphatic heterocycles. The molecule has 2 heterocycles. The van der Waals surface area contributed by atoms with Crippen LogP contribution in [0.5, 0.6) is 0 Å². The molecule has 34 heavy (non-hydrogen) atoms. The highest BCUT2D eigenvalue weighted by atomic mass is 32.1. The molecule has 0 N–H and O–H groups in total. The average Bonchev–Trinajstić information content (AvgIpc) is 2.77. The summed E-state index contributed by atoms with van der Waals surface area (Å²) < 4.78 is 78.1. The van der Waals surface area contributed by atoms with Crippen LogP contribution in [0.15, 0.2) is 41.2 Å². The molecule has 4 rings (SSSR count). The summed E-state index contributed by atoms with van der Waals surface area (Å²) in [6.45, 7) is 1.02. The number of rotatable bonds is 3. The highest BCUT2D eigenvalue weighted by Gasteiger charge is 2.35. The van der Waals surface area contributed by atoms with Gasteiger partial charge in [0.25, 0.3) is 11.2 Å².